The molecule has 1 aromatic carbocycles. The monoisotopic (exact) mass is 296 g/mol. The topological polar surface area (TPSA) is 12.5 Å². The Kier molecular flexibility index (Phi) is 4.18. The van der Waals surface area contributed by atoms with Crippen LogP contribution in [0, 0.1) is 18.7 Å². The number of halogens is 2. The zero-order chi connectivity index (χ0) is 14.1. The van der Waals surface area contributed by atoms with Gasteiger partial charge in [-0.1, -0.05) is 11.6 Å². The Balaban J connectivity index is 1.69. The molecule has 0 bridgehead atoms. The van der Waals surface area contributed by atoms with E-state index in [1.807, 2.05) is 0 Å². The number of nitrogens with zero attached hydrogens (tertiary/aromatic N) is 1. The van der Waals surface area contributed by atoms with Gasteiger partial charge in [0.1, 0.15) is 11.6 Å². The van der Waals surface area contributed by atoms with Crippen molar-refractivity contribution in [2.24, 2.45) is 5.92 Å². The lowest BCUT2D eigenvalue weighted by Gasteiger charge is -2.32. The lowest BCUT2D eigenvalue weighted by atomic mass is 9.84. The van der Waals surface area contributed by atoms with Crippen molar-refractivity contribution in [3.63, 3.8) is 0 Å². The van der Waals surface area contributed by atoms with Crippen LogP contribution in [0.15, 0.2) is 12.1 Å². The van der Waals surface area contributed by atoms with Crippen LogP contribution in [0.3, 0.4) is 0 Å². The average Bonchev–Trinajstić information content (AvgIpc) is 2.85. The van der Waals surface area contributed by atoms with Gasteiger partial charge in [-0.2, -0.15) is 0 Å². The summed E-state index contributed by atoms with van der Waals surface area (Å²) >= 11 is 6.23. The third-order valence-corrected chi connectivity index (χ3v) is 4.53. The Bertz CT molecular complexity index is 458. The van der Waals surface area contributed by atoms with E-state index in [9.17, 15) is 4.39 Å². The van der Waals surface area contributed by atoms with Crippen molar-refractivity contribution in [3.8, 4) is 5.75 Å². The third kappa shape index (κ3) is 3.09. The Labute approximate surface area is 124 Å². The first kappa shape index (κ1) is 14.2. The van der Waals surface area contributed by atoms with Gasteiger partial charge in [0.15, 0.2) is 0 Å². The van der Waals surface area contributed by atoms with E-state index in [-0.39, 0.29) is 11.9 Å². The summed E-state index contributed by atoms with van der Waals surface area (Å²) in [4.78, 5) is 2.24. The summed E-state index contributed by atoms with van der Waals surface area (Å²) in [7, 11) is 0. The summed E-state index contributed by atoms with van der Waals surface area (Å²) in [5.41, 5.74) is 0.588. The number of benzene rings is 1. The summed E-state index contributed by atoms with van der Waals surface area (Å²) < 4.78 is 19.9. The molecule has 1 saturated heterocycles. The van der Waals surface area contributed by atoms with Crippen molar-refractivity contribution in [2.45, 2.75) is 38.3 Å². The molecule has 1 radical (unpaired) electrons. The summed E-state index contributed by atoms with van der Waals surface area (Å²) in [5, 5.41) is 0.470. The molecular formula is C16H20ClFNO. The van der Waals surface area contributed by atoms with Crippen LogP contribution in [0.4, 0.5) is 4.39 Å². The van der Waals surface area contributed by atoms with Gasteiger partial charge >= 0.3 is 0 Å². The first-order chi connectivity index (χ1) is 9.61. The molecule has 3 rings (SSSR count). The van der Waals surface area contributed by atoms with Crippen LogP contribution in [0.25, 0.3) is 0 Å². The summed E-state index contributed by atoms with van der Waals surface area (Å²) in [6.45, 7) is 6.61. The van der Waals surface area contributed by atoms with E-state index in [0.717, 1.165) is 25.9 Å². The summed E-state index contributed by atoms with van der Waals surface area (Å²) in [5.74, 6) is 0.745. The Morgan fingerprint density at radius 3 is 2.60 bits per heavy atom. The lowest BCUT2D eigenvalue weighted by molar-refractivity contribution is 0.0848. The number of likely N-dealkylation sites (tertiary alicyclic amines) is 1. The van der Waals surface area contributed by atoms with Gasteiger partial charge in [0.05, 0.1) is 11.1 Å². The van der Waals surface area contributed by atoms with E-state index in [4.69, 9.17) is 16.3 Å². The van der Waals surface area contributed by atoms with E-state index >= 15 is 0 Å². The molecule has 0 atom stereocenters. The summed E-state index contributed by atoms with van der Waals surface area (Å²) in [6.07, 6.45) is 4.42. The van der Waals surface area contributed by atoms with Crippen LogP contribution in [-0.2, 0) is 6.54 Å². The zero-order valence-electron chi connectivity index (χ0n) is 11.6. The van der Waals surface area contributed by atoms with Crippen molar-refractivity contribution in [3.05, 3.63) is 35.5 Å². The first-order valence-corrected chi connectivity index (χ1v) is 7.69. The van der Waals surface area contributed by atoms with Gasteiger partial charge in [0.2, 0.25) is 0 Å². The fourth-order valence-corrected chi connectivity index (χ4v) is 3.18. The van der Waals surface area contributed by atoms with Gasteiger partial charge in [0.25, 0.3) is 0 Å². The Morgan fingerprint density at radius 2 is 2.00 bits per heavy atom. The third-order valence-electron chi connectivity index (χ3n) is 4.19. The van der Waals surface area contributed by atoms with Crippen LogP contribution in [0.5, 0.6) is 5.75 Å². The molecule has 2 fully saturated rings. The Hall–Kier alpha value is -0.800. The van der Waals surface area contributed by atoms with E-state index in [2.05, 4.69) is 11.8 Å². The molecule has 109 valence electrons. The molecule has 0 unspecified atom stereocenters. The molecule has 0 spiro atoms. The van der Waals surface area contributed by atoms with Crippen LogP contribution >= 0.6 is 11.6 Å². The maximum absolute atomic E-state index is 14.2. The fourth-order valence-electron chi connectivity index (χ4n) is 2.93. The fraction of sp³-hybridized carbons (Fsp3) is 0.562. The highest BCUT2D eigenvalue weighted by Gasteiger charge is 2.27. The largest absolute Gasteiger partial charge is 0.490 e. The maximum Gasteiger partial charge on any atom is 0.132 e. The molecule has 20 heavy (non-hydrogen) atoms. The predicted molar refractivity (Wildman–Crippen MR) is 78.4 cm³/mol. The number of hydrogen-bond donors (Lipinski definition) is 0. The highest BCUT2D eigenvalue weighted by molar-refractivity contribution is 6.31. The molecule has 1 heterocycles. The van der Waals surface area contributed by atoms with Crippen LogP contribution < -0.4 is 4.74 Å². The average molecular weight is 297 g/mol. The van der Waals surface area contributed by atoms with Crippen molar-refractivity contribution >= 4 is 11.6 Å². The molecule has 2 nitrogen and oxygen atoms in total. The van der Waals surface area contributed by atoms with E-state index in [1.165, 1.54) is 18.9 Å². The molecule has 2 aliphatic rings. The van der Waals surface area contributed by atoms with Gasteiger partial charge in [0, 0.05) is 18.2 Å². The van der Waals surface area contributed by atoms with Gasteiger partial charge in [-0.25, -0.2) is 4.39 Å². The molecule has 1 saturated carbocycles. The van der Waals surface area contributed by atoms with Crippen LogP contribution in [0.1, 0.15) is 31.2 Å². The van der Waals surface area contributed by atoms with Gasteiger partial charge < -0.3 is 4.74 Å². The van der Waals surface area contributed by atoms with Gasteiger partial charge in [-0.3, -0.25) is 4.90 Å². The molecule has 1 aromatic rings. The second-order valence-corrected chi connectivity index (χ2v) is 6.33. The quantitative estimate of drug-likeness (QED) is 0.830. The smallest absolute Gasteiger partial charge is 0.132 e. The molecule has 1 aliphatic carbocycles. The van der Waals surface area contributed by atoms with Gasteiger partial charge in [-0.05, 0) is 57.7 Å². The highest BCUT2D eigenvalue weighted by atomic mass is 35.5. The van der Waals surface area contributed by atoms with Crippen LogP contribution in [-0.4, -0.2) is 24.1 Å². The minimum absolute atomic E-state index is 0.164. The number of ether oxygens (including phenoxy) is 1. The van der Waals surface area contributed by atoms with Crippen molar-refractivity contribution in [2.75, 3.05) is 13.1 Å². The van der Waals surface area contributed by atoms with Gasteiger partial charge in [-0.15, -0.1) is 0 Å². The Morgan fingerprint density at radius 1 is 1.30 bits per heavy atom. The van der Waals surface area contributed by atoms with E-state index < -0.39 is 0 Å². The van der Waals surface area contributed by atoms with Crippen LogP contribution in [0.2, 0.25) is 5.02 Å². The minimum atomic E-state index is -0.259. The zero-order valence-corrected chi connectivity index (χ0v) is 12.3. The van der Waals surface area contributed by atoms with Crippen molar-refractivity contribution < 1.29 is 9.13 Å². The second-order valence-electron chi connectivity index (χ2n) is 5.93. The molecular weight excluding hydrogens is 277 g/mol. The molecule has 0 aromatic heterocycles. The normalized spacial score (nSPS) is 26.6. The second kappa shape index (κ2) is 5.90. The molecule has 4 heteroatoms. The minimum Gasteiger partial charge on any atom is -0.490 e. The SMILES string of the molecule is [CH2]C1CC(Oc2cc(F)c(CN3CCCC3)c(Cl)c2)C1. The van der Waals surface area contributed by atoms with Crippen molar-refractivity contribution in [1.82, 2.24) is 4.90 Å². The molecule has 1 aliphatic heterocycles. The summed E-state index contributed by atoms with van der Waals surface area (Å²) in [6, 6.07) is 3.21. The maximum atomic E-state index is 14.2. The number of rotatable bonds is 4. The van der Waals surface area contributed by atoms with E-state index in [1.54, 1.807) is 6.07 Å². The lowest BCUT2D eigenvalue weighted by Crippen LogP contribution is -2.32. The van der Waals surface area contributed by atoms with E-state index in [0.29, 0.717) is 28.8 Å². The number of hydrogen-bond acceptors (Lipinski definition) is 2. The molecule has 0 N–H and O–H groups in total. The predicted octanol–water partition coefficient (Wildman–Crippen LogP) is 4.07. The van der Waals surface area contributed by atoms with Crippen molar-refractivity contribution in [1.29, 1.82) is 0 Å². The highest BCUT2D eigenvalue weighted by Crippen LogP contribution is 2.33. The molecule has 0 amide bonds. The first-order valence-electron chi connectivity index (χ1n) is 7.32. The standard InChI is InChI=1S/C16H20ClFNO/c1-11-6-12(7-11)20-13-8-15(17)14(16(18)9-13)10-19-4-2-3-5-19/h8-9,11-12H,1-7,10H2.